The van der Waals surface area contributed by atoms with Gasteiger partial charge in [-0.05, 0) is 55.8 Å². The van der Waals surface area contributed by atoms with Crippen molar-refractivity contribution in [1.82, 2.24) is 10.2 Å². The summed E-state index contributed by atoms with van der Waals surface area (Å²) in [5.41, 5.74) is 1.05. The van der Waals surface area contributed by atoms with E-state index in [-0.39, 0.29) is 23.0 Å². The van der Waals surface area contributed by atoms with Gasteiger partial charge >= 0.3 is 0 Å². The molecule has 0 spiro atoms. The summed E-state index contributed by atoms with van der Waals surface area (Å²) in [7, 11) is 0. The Bertz CT molecular complexity index is 876. The van der Waals surface area contributed by atoms with Crippen LogP contribution in [0.15, 0.2) is 47.4 Å². The van der Waals surface area contributed by atoms with E-state index in [2.05, 4.69) is 17.1 Å². The number of likely N-dealkylation sites (N-methyl/N-ethyl adjacent to an activating group) is 1. The largest absolute Gasteiger partial charge is 0.350 e. The Hall–Kier alpha value is -2.45. The number of carbonyl (C=O) groups is 1. The minimum Gasteiger partial charge on any atom is -0.350 e. The van der Waals surface area contributed by atoms with Crippen molar-refractivity contribution in [2.24, 2.45) is 0 Å². The van der Waals surface area contributed by atoms with Crippen LogP contribution in [0.1, 0.15) is 35.7 Å². The van der Waals surface area contributed by atoms with Gasteiger partial charge in [-0.3, -0.25) is 19.8 Å². The van der Waals surface area contributed by atoms with E-state index in [0.29, 0.717) is 23.2 Å². The molecule has 1 unspecified atom stereocenters. The van der Waals surface area contributed by atoms with Crippen LogP contribution < -0.4 is 5.32 Å². The molecule has 1 saturated heterocycles. The molecule has 1 aliphatic heterocycles. The predicted octanol–water partition coefficient (Wildman–Crippen LogP) is 4.24. The van der Waals surface area contributed by atoms with Crippen molar-refractivity contribution < 1.29 is 14.1 Å². The second-order valence-electron chi connectivity index (χ2n) is 6.99. The van der Waals surface area contributed by atoms with Gasteiger partial charge in [-0.15, -0.1) is 11.8 Å². The summed E-state index contributed by atoms with van der Waals surface area (Å²) < 4.78 is 13.0. The SMILES string of the molecule is CCN1CCCC1CNC(=O)c1ccc(SCc2ccc(F)cc2)c([N+](=O)[O-])c1. The van der Waals surface area contributed by atoms with E-state index in [0.717, 1.165) is 31.5 Å². The van der Waals surface area contributed by atoms with Crippen LogP contribution in [0.2, 0.25) is 0 Å². The first-order chi connectivity index (χ1) is 14.0. The quantitative estimate of drug-likeness (QED) is 0.395. The molecule has 1 amide bonds. The molecule has 8 heteroatoms. The maximum atomic E-state index is 13.0. The number of hydrogen-bond acceptors (Lipinski definition) is 5. The van der Waals surface area contributed by atoms with Crippen LogP contribution in [0.4, 0.5) is 10.1 Å². The summed E-state index contributed by atoms with van der Waals surface area (Å²) >= 11 is 1.29. The average molecular weight is 418 g/mol. The van der Waals surface area contributed by atoms with Gasteiger partial charge in [0.15, 0.2) is 0 Å². The topological polar surface area (TPSA) is 75.5 Å². The summed E-state index contributed by atoms with van der Waals surface area (Å²) in [6, 6.07) is 10.9. The van der Waals surface area contributed by atoms with Gasteiger partial charge in [0, 0.05) is 30.0 Å². The zero-order valence-electron chi connectivity index (χ0n) is 16.3. The standard InChI is InChI=1S/C21H24FN3O3S/c1-2-24-11-3-4-18(24)13-23-21(26)16-7-10-20(19(12-16)25(27)28)29-14-15-5-8-17(22)9-6-15/h5-10,12,18H,2-4,11,13-14H2,1H3,(H,23,26). The molecular formula is C21H24FN3O3S. The number of thioether (sulfide) groups is 1. The molecule has 2 aromatic carbocycles. The van der Waals surface area contributed by atoms with Gasteiger partial charge in [-0.2, -0.15) is 0 Å². The molecule has 0 saturated carbocycles. The van der Waals surface area contributed by atoms with Crippen molar-refractivity contribution in [1.29, 1.82) is 0 Å². The van der Waals surface area contributed by atoms with E-state index in [9.17, 15) is 19.3 Å². The Morgan fingerprint density at radius 1 is 1.31 bits per heavy atom. The lowest BCUT2D eigenvalue weighted by molar-refractivity contribution is -0.387. The molecule has 1 heterocycles. The molecule has 154 valence electrons. The van der Waals surface area contributed by atoms with Gasteiger partial charge in [-0.25, -0.2) is 4.39 Å². The number of halogens is 1. The van der Waals surface area contributed by atoms with Crippen molar-refractivity contribution in [2.45, 2.75) is 36.5 Å². The summed E-state index contributed by atoms with van der Waals surface area (Å²) in [6.45, 7) is 4.64. The van der Waals surface area contributed by atoms with Crippen LogP contribution in [0.3, 0.4) is 0 Å². The first-order valence-corrected chi connectivity index (χ1v) is 10.6. The highest BCUT2D eigenvalue weighted by atomic mass is 32.2. The van der Waals surface area contributed by atoms with Crippen LogP contribution in [-0.2, 0) is 5.75 Å². The molecule has 0 radical (unpaired) electrons. The van der Waals surface area contributed by atoms with Crippen LogP contribution in [-0.4, -0.2) is 41.4 Å². The molecular weight excluding hydrogens is 393 g/mol. The number of nitro groups is 1. The fourth-order valence-electron chi connectivity index (χ4n) is 3.52. The summed E-state index contributed by atoms with van der Waals surface area (Å²) in [5.74, 6) is -0.146. The van der Waals surface area contributed by atoms with Crippen molar-refractivity contribution in [3.8, 4) is 0 Å². The van der Waals surface area contributed by atoms with Gasteiger partial charge in [0.2, 0.25) is 0 Å². The molecule has 3 rings (SSSR count). The third-order valence-corrected chi connectivity index (χ3v) is 6.26. The van der Waals surface area contributed by atoms with E-state index in [1.807, 2.05) is 0 Å². The van der Waals surface area contributed by atoms with Gasteiger partial charge in [0.1, 0.15) is 5.82 Å². The minimum atomic E-state index is -0.473. The number of benzene rings is 2. The number of nitrogens with zero attached hydrogens (tertiary/aromatic N) is 2. The molecule has 1 N–H and O–H groups in total. The van der Waals surface area contributed by atoms with Crippen LogP contribution in [0.5, 0.6) is 0 Å². The maximum absolute atomic E-state index is 13.0. The van der Waals surface area contributed by atoms with E-state index in [1.165, 1.54) is 30.0 Å². The Morgan fingerprint density at radius 2 is 2.07 bits per heavy atom. The van der Waals surface area contributed by atoms with E-state index in [4.69, 9.17) is 0 Å². The molecule has 0 bridgehead atoms. The molecule has 6 nitrogen and oxygen atoms in total. The number of likely N-dealkylation sites (tertiary alicyclic amines) is 1. The lowest BCUT2D eigenvalue weighted by Crippen LogP contribution is -2.40. The highest BCUT2D eigenvalue weighted by molar-refractivity contribution is 7.98. The van der Waals surface area contributed by atoms with Crippen LogP contribution >= 0.6 is 11.8 Å². The third kappa shape index (κ3) is 5.55. The monoisotopic (exact) mass is 417 g/mol. The zero-order chi connectivity index (χ0) is 20.8. The number of nitro benzene ring substituents is 1. The molecule has 0 aromatic heterocycles. The lowest BCUT2D eigenvalue weighted by Gasteiger charge is -2.22. The van der Waals surface area contributed by atoms with E-state index in [1.54, 1.807) is 24.3 Å². The maximum Gasteiger partial charge on any atom is 0.283 e. The Labute approximate surface area is 173 Å². The second-order valence-corrected chi connectivity index (χ2v) is 8.01. The number of hydrogen-bond donors (Lipinski definition) is 1. The fourth-order valence-corrected chi connectivity index (χ4v) is 4.48. The van der Waals surface area contributed by atoms with Crippen molar-refractivity contribution >= 4 is 23.4 Å². The minimum absolute atomic E-state index is 0.0965. The normalized spacial score (nSPS) is 16.7. The lowest BCUT2D eigenvalue weighted by atomic mass is 10.1. The van der Waals surface area contributed by atoms with Crippen molar-refractivity contribution in [3.63, 3.8) is 0 Å². The molecule has 1 fully saturated rings. The highest BCUT2D eigenvalue weighted by Crippen LogP contribution is 2.32. The molecule has 1 aliphatic rings. The highest BCUT2D eigenvalue weighted by Gasteiger charge is 2.24. The smallest absolute Gasteiger partial charge is 0.283 e. The van der Waals surface area contributed by atoms with Gasteiger partial charge < -0.3 is 5.32 Å². The van der Waals surface area contributed by atoms with Gasteiger partial charge in [-0.1, -0.05) is 19.1 Å². The average Bonchev–Trinajstić information content (AvgIpc) is 3.19. The third-order valence-electron chi connectivity index (χ3n) is 5.13. The van der Waals surface area contributed by atoms with Gasteiger partial charge in [0.25, 0.3) is 11.6 Å². The first kappa shape index (κ1) is 21.3. The van der Waals surface area contributed by atoms with Crippen molar-refractivity contribution in [2.75, 3.05) is 19.6 Å². The van der Waals surface area contributed by atoms with E-state index >= 15 is 0 Å². The number of carbonyl (C=O) groups excluding carboxylic acids is 1. The molecule has 1 atom stereocenters. The number of amides is 1. The predicted molar refractivity (Wildman–Crippen MR) is 112 cm³/mol. The fraction of sp³-hybridized carbons (Fsp3) is 0.381. The first-order valence-electron chi connectivity index (χ1n) is 9.66. The Balaban J connectivity index is 1.65. The second kappa shape index (κ2) is 9.84. The van der Waals surface area contributed by atoms with Gasteiger partial charge in [0.05, 0.1) is 9.82 Å². The summed E-state index contributed by atoms with van der Waals surface area (Å²) in [6.07, 6.45) is 2.17. The summed E-state index contributed by atoms with van der Waals surface area (Å²) in [4.78, 5) is 26.3. The molecule has 29 heavy (non-hydrogen) atoms. The van der Waals surface area contributed by atoms with Crippen molar-refractivity contribution in [3.05, 3.63) is 69.5 Å². The molecule has 0 aliphatic carbocycles. The Morgan fingerprint density at radius 3 is 2.76 bits per heavy atom. The molecule has 2 aromatic rings. The Kier molecular flexibility index (Phi) is 7.22. The number of rotatable bonds is 8. The van der Waals surface area contributed by atoms with Crippen LogP contribution in [0, 0.1) is 15.9 Å². The number of nitrogens with one attached hydrogen (secondary N) is 1. The van der Waals surface area contributed by atoms with Crippen LogP contribution in [0.25, 0.3) is 0 Å². The zero-order valence-corrected chi connectivity index (χ0v) is 17.1. The van der Waals surface area contributed by atoms with E-state index < -0.39 is 4.92 Å². The summed E-state index contributed by atoms with van der Waals surface area (Å²) in [5, 5.41) is 14.4.